The number of imide groups is 1. The fourth-order valence-electron chi connectivity index (χ4n) is 1.72. The standard InChI is InChI=1S/C11H17NO4/c1-6(5-16-9(4)13)12-10(14)7(2)8(3)11(12)15/h6-8H,5H2,1-4H3/t6-,7-,8-/m0/s1. The van der Waals surface area contributed by atoms with E-state index in [1.165, 1.54) is 11.8 Å². The van der Waals surface area contributed by atoms with E-state index in [2.05, 4.69) is 0 Å². The van der Waals surface area contributed by atoms with E-state index in [-0.39, 0.29) is 30.3 Å². The second-order valence-electron chi connectivity index (χ2n) is 4.28. The smallest absolute Gasteiger partial charge is 0.302 e. The summed E-state index contributed by atoms with van der Waals surface area (Å²) in [6.45, 7) is 6.54. The lowest BCUT2D eigenvalue weighted by atomic mass is 10.00. The molecule has 16 heavy (non-hydrogen) atoms. The molecular weight excluding hydrogens is 210 g/mol. The van der Waals surface area contributed by atoms with Crippen molar-refractivity contribution in [2.45, 2.75) is 33.7 Å². The average Bonchev–Trinajstić information content (AvgIpc) is 2.40. The van der Waals surface area contributed by atoms with Crippen LogP contribution in [0.5, 0.6) is 0 Å². The zero-order valence-electron chi connectivity index (χ0n) is 10.0. The van der Waals surface area contributed by atoms with Crippen LogP contribution in [0.15, 0.2) is 0 Å². The minimum absolute atomic E-state index is 0.0618. The van der Waals surface area contributed by atoms with E-state index in [1.54, 1.807) is 20.8 Å². The van der Waals surface area contributed by atoms with E-state index in [1.807, 2.05) is 0 Å². The van der Waals surface area contributed by atoms with Crippen LogP contribution in [-0.2, 0) is 19.1 Å². The van der Waals surface area contributed by atoms with Gasteiger partial charge in [-0.05, 0) is 6.92 Å². The predicted octanol–water partition coefficient (Wildman–Crippen LogP) is 0.579. The average molecular weight is 227 g/mol. The summed E-state index contributed by atoms with van der Waals surface area (Å²) in [4.78, 5) is 35.4. The van der Waals surface area contributed by atoms with E-state index >= 15 is 0 Å². The maximum absolute atomic E-state index is 11.8. The summed E-state index contributed by atoms with van der Waals surface area (Å²) < 4.78 is 4.80. The molecule has 0 unspecified atom stereocenters. The summed E-state index contributed by atoms with van der Waals surface area (Å²) >= 11 is 0. The summed E-state index contributed by atoms with van der Waals surface area (Å²) in [6.07, 6.45) is 0. The number of hydrogen-bond acceptors (Lipinski definition) is 4. The molecule has 1 aliphatic rings. The maximum Gasteiger partial charge on any atom is 0.302 e. The van der Waals surface area contributed by atoms with Gasteiger partial charge in [-0.1, -0.05) is 13.8 Å². The van der Waals surface area contributed by atoms with Crippen LogP contribution in [0.3, 0.4) is 0 Å². The topological polar surface area (TPSA) is 63.7 Å². The number of nitrogens with zero attached hydrogens (tertiary/aromatic N) is 1. The van der Waals surface area contributed by atoms with Crippen LogP contribution in [0.25, 0.3) is 0 Å². The molecule has 5 heteroatoms. The fraction of sp³-hybridized carbons (Fsp3) is 0.727. The molecular formula is C11H17NO4. The molecule has 0 aromatic rings. The van der Waals surface area contributed by atoms with E-state index in [4.69, 9.17) is 4.74 Å². The Kier molecular flexibility index (Phi) is 3.67. The molecule has 5 nitrogen and oxygen atoms in total. The molecule has 1 fully saturated rings. The van der Waals surface area contributed by atoms with E-state index < -0.39 is 12.0 Å². The number of carbonyl (C=O) groups is 3. The van der Waals surface area contributed by atoms with Gasteiger partial charge in [0.15, 0.2) is 0 Å². The Labute approximate surface area is 94.7 Å². The summed E-state index contributed by atoms with van der Waals surface area (Å²) in [5, 5.41) is 0. The van der Waals surface area contributed by atoms with Gasteiger partial charge in [0.05, 0.1) is 6.04 Å². The van der Waals surface area contributed by atoms with E-state index in [0.29, 0.717) is 0 Å². The Morgan fingerprint density at radius 2 is 1.75 bits per heavy atom. The lowest BCUT2D eigenvalue weighted by molar-refractivity contribution is -0.150. The molecule has 0 spiro atoms. The van der Waals surface area contributed by atoms with E-state index in [9.17, 15) is 14.4 Å². The first kappa shape index (κ1) is 12.7. The van der Waals surface area contributed by atoms with Crippen molar-refractivity contribution in [3.05, 3.63) is 0 Å². The number of likely N-dealkylation sites (tertiary alicyclic amines) is 1. The fourth-order valence-corrected chi connectivity index (χ4v) is 1.72. The van der Waals surface area contributed by atoms with Gasteiger partial charge in [0, 0.05) is 18.8 Å². The number of carbonyl (C=O) groups excluding carboxylic acids is 3. The van der Waals surface area contributed by atoms with Crippen LogP contribution in [0.1, 0.15) is 27.7 Å². The third-order valence-electron chi connectivity index (χ3n) is 2.97. The van der Waals surface area contributed by atoms with Crippen LogP contribution in [0, 0.1) is 11.8 Å². The number of hydrogen-bond donors (Lipinski definition) is 0. The number of rotatable bonds is 3. The maximum atomic E-state index is 11.8. The molecule has 0 aromatic heterocycles. The van der Waals surface area contributed by atoms with Gasteiger partial charge in [-0.2, -0.15) is 0 Å². The van der Waals surface area contributed by atoms with Gasteiger partial charge in [-0.25, -0.2) is 0 Å². The molecule has 90 valence electrons. The van der Waals surface area contributed by atoms with Crippen LogP contribution in [0.4, 0.5) is 0 Å². The highest BCUT2D eigenvalue weighted by Gasteiger charge is 2.44. The van der Waals surface area contributed by atoms with Crippen molar-refractivity contribution in [3.63, 3.8) is 0 Å². The van der Waals surface area contributed by atoms with Gasteiger partial charge in [-0.3, -0.25) is 19.3 Å². The molecule has 0 aromatic carbocycles. The van der Waals surface area contributed by atoms with Crippen molar-refractivity contribution >= 4 is 17.8 Å². The first-order valence-electron chi connectivity index (χ1n) is 5.36. The highest BCUT2D eigenvalue weighted by molar-refractivity contribution is 6.05. The summed E-state index contributed by atoms with van der Waals surface area (Å²) in [5.41, 5.74) is 0. The minimum atomic E-state index is -0.410. The van der Waals surface area contributed by atoms with Gasteiger partial charge in [0.2, 0.25) is 11.8 Å². The molecule has 0 bridgehead atoms. The quantitative estimate of drug-likeness (QED) is 0.522. The molecule has 3 atom stereocenters. The van der Waals surface area contributed by atoms with Gasteiger partial charge in [0.1, 0.15) is 6.61 Å². The molecule has 2 amide bonds. The monoisotopic (exact) mass is 227 g/mol. The zero-order chi connectivity index (χ0) is 12.5. The third kappa shape index (κ3) is 2.23. The zero-order valence-corrected chi connectivity index (χ0v) is 10.0. The molecule has 1 saturated heterocycles. The Hall–Kier alpha value is -1.39. The normalized spacial score (nSPS) is 27.1. The molecule has 1 rings (SSSR count). The highest BCUT2D eigenvalue weighted by Crippen LogP contribution is 2.27. The Balaban J connectivity index is 2.69. The molecule has 0 radical (unpaired) electrons. The molecule has 0 aliphatic carbocycles. The Morgan fingerprint density at radius 3 is 2.12 bits per heavy atom. The predicted molar refractivity (Wildman–Crippen MR) is 56.3 cm³/mol. The van der Waals surface area contributed by atoms with Crippen LogP contribution in [0.2, 0.25) is 0 Å². The SMILES string of the molecule is CC(=O)OC[C@H](C)N1C(=O)[C@@H](C)[C@H](C)C1=O. The second-order valence-corrected chi connectivity index (χ2v) is 4.28. The van der Waals surface area contributed by atoms with Crippen molar-refractivity contribution in [3.8, 4) is 0 Å². The summed E-state index contributed by atoms with van der Waals surface area (Å²) in [7, 11) is 0. The van der Waals surface area contributed by atoms with Crippen molar-refractivity contribution in [2.75, 3.05) is 6.61 Å². The lowest BCUT2D eigenvalue weighted by Crippen LogP contribution is -2.41. The third-order valence-corrected chi connectivity index (χ3v) is 2.97. The van der Waals surface area contributed by atoms with Gasteiger partial charge in [0.25, 0.3) is 0 Å². The first-order chi connectivity index (χ1) is 7.36. The molecule has 1 aliphatic heterocycles. The molecule has 0 N–H and O–H groups in total. The van der Waals surface area contributed by atoms with Crippen molar-refractivity contribution in [2.24, 2.45) is 11.8 Å². The molecule has 0 saturated carbocycles. The number of amides is 2. The van der Waals surface area contributed by atoms with E-state index in [0.717, 1.165) is 0 Å². The number of ether oxygens (including phenoxy) is 1. The highest BCUT2D eigenvalue weighted by atomic mass is 16.5. The summed E-state index contributed by atoms with van der Waals surface area (Å²) in [5.74, 6) is -1.35. The van der Waals surface area contributed by atoms with Gasteiger partial charge < -0.3 is 4.74 Å². The van der Waals surface area contributed by atoms with Crippen LogP contribution >= 0.6 is 0 Å². The Morgan fingerprint density at radius 1 is 1.31 bits per heavy atom. The lowest BCUT2D eigenvalue weighted by Gasteiger charge is -2.22. The van der Waals surface area contributed by atoms with Crippen LogP contribution < -0.4 is 0 Å². The van der Waals surface area contributed by atoms with Gasteiger partial charge in [-0.15, -0.1) is 0 Å². The first-order valence-corrected chi connectivity index (χ1v) is 5.36. The largest absolute Gasteiger partial charge is 0.464 e. The second kappa shape index (κ2) is 4.63. The van der Waals surface area contributed by atoms with Crippen molar-refractivity contribution in [1.29, 1.82) is 0 Å². The van der Waals surface area contributed by atoms with Crippen molar-refractivity contribution in [1.82, 2.24) is 4.90 Å². The minimum Gasteiger partial charge on any atom is -0.464 e. The number of esters is 1. The Bertz CT molecular complexity index is 306. The molecule has 1 heterocycles. The van der Waals surface area contributed by atoms with Crippen LogP contribution in [-0.4, -0.2) is 35.3 Å². The summed E-state index contributed by atoms with van der Waals surface area (Å²) in [6, 6.07) is -0.392. The van der Waals surface area contributed by atoms with Gasteiger partial charge >= 0.3 is 5.97 Å². The van der Waals surface area contributed by atoms with Crippen molar-refractivity contribution < 1.29 is 19.1 Å².